The molecule has 2 unspecified atom stereocenters. The number of carboxylic acids is 1. The van der Waals surface area contributed by atoms with E-state index < -0.39 is 5.97 Å². The van der Waals surface area contributed by atoms with Crippen LogP contribution in [0.1, 0.15) is 44.7 Å². The number of carboxylic acid groups (broad SMARTS) is 1. The molecule has 0 bridgehead atoms. The monoisotopic (exact) mass is 393 g/mol. The van der Waals surface area contributed by atoms with Gasteiger partial charge in [0.15, 0.2) is 0 Å². The standard InChI is InChI=1S/C21H32FN3O3/c1-4-25(16(2)17-7-9-18(22)10-8-17)20(26)14-24-12-5-6-19(11-13-24)23(3)15-21(27)28/h7-10,16,19H,4-6,11-15H2,1-3H3,(H,27,28). The molecule has 2 atom stereocenters. The van der Waals surface area contributed by atoms with Gasteiger partial charge in [-0.25, -0.2) is 4.39 Å². The average molecular weight is 394 g/mol. The molecule has 1 aromatic rings. The Morgan fingerprint density at radius 1 is 1.25 bits per heavy atom. The van der Waals surface area contributed by atoms with Crippen molar-refractivity contribution in [3.05, 3.63) is 35.6 Å². The number of likely N-dealkylation sites (tertiary alicyclic amines) is 1. The first-order valence-electron chi connectivity index (χ1n) is 10.0. The van der Waals surface area contributed by atoms with E-state index in [4.69, 9.17) is 5.11 Å². The van der Waals surface area contributed by atoms with E-state index >= 15 is 0 Å². The van der Waals surface area contributed by atoms with Crippen LogP contribution in [-0.4, -0.2) is 77.5 Å². The highest BCUT2D eigenvalue weighted by Crippen LogP contribution is 2.21. The molecular formula is C21H32FN3O3. The van der Waals surface area contributed by atoms with E-state index in [1.165, 1.54) is 12.1 Å². The van der Waals surface area contributed by atoms with Gasteiger partial charge in [-0.2, -0.15) is 0 Å². The van der Waals surface area contributed by atoms with Gasteiger partial charge >= 0.3 is 5.97 Å². The average Bonchev–Trinajstić information content (AvgIpc) is 2.88. The molecule has 1 saturated heterocycles. The molecule has 1 heterocycles. The number of aliphatic carboxylic acids is 1. The molecule has 1 fully saturated rings. The van der Waals surface area contributed by atoms with Crippen molar-refractivity contribution in [3.63, 3.8) is 0 Å². The van der Waals surface area contributed by atoms with E-state index in [1.54, 1.807) is 12.1 Å². The summed E-state index contributed by atoms with van der Waals surface area (Å²) in [5.74, 6) is -1.03. The van der Waals surface area contributed by atoms with Gasteiger partial charge in [0.2, 0.25) is 5.91 Å². The van der Waals surface area contributed by atoms with Gasteiger partial charge in [-0.05, 0) is 64.4 Å². The molecular weight excluding hydrogens is 361 g/mol. The zero-order chi connectivity index (χ0) is 20.7. The number of carbonyl (C=O) groups excluding carboxylic acids is 1. The van der Waals surface area contributed by atoms with Crippen LogP contribution in [0, 0.1) is 5.82 Å². The molecule has 1 N–H and O–H groups in total. The van der Waals surface area contributed by atoms with Gasteiger partial charge in [0.25, 0.3) is 0 Å². The number of halogens is 1. The van der Waals surface area contributed by atoms with Crippen molar-refractivity contribution in [2.75, 3.05) is 39.8 Å². The minimum atomic E-state index is -0.813. The number of likely N-dealkylation sites (N-methyl/N-ethyl adjacent to an activating group) is 2. The molecule has 0 aliphatic carbocycles. The smallest absolute Gasteiger partial charge is 0.317 e. The summed E-state index contributed by atoms with van der Waals surface area (Å²) in [6.45, 7) is 6.53. The molecule has 28 heavy (non-hydrogen) atoms. The first kappa shape index (κ1) is 22.3. The molecule has 0 spiro atoms. The van der Waals surface area contributed by atoms with Crippen molar-refractivity contribution >= 4 is 11.9 Å². The maximum absolute atomic E-state index is 13.2. The minimum absolute atomic E-state index is 0.0440. The van der Waals surface area contributed by atoms with Gasteiger partial charge in [0, 0.05) is 19.1 Å². The van der Waals surface area contributed by atoms with Crippen molar-refractivity contribution in [3.8, 4) is 0 Å². The van der Waals surface area contributed by atoms with E-state index in [9.17, 15) is 14.0 Å². The van der Waals surface area contributed by atoms with Gasteiger partial charge in [-0.15, -0.1) is 0 Å². The van der Waals surface area contributed by atoms with Crippen molar-refractivity contribution in [2.24, 2.45) is 0 Å². The molecule has 0 radical (unpaired) electrons. The highest BCUT2D eigenvalue weighted by Gasteiger charge is 2.25. The summed E-state index contributed by atoms with van der Waals surface area (Å²) in [7, 11) is 1.85. The van der Waals surface area contributed by atoms with Crippen molar-refractivity contribution in [2.45, 2.75) is 45.2 Å². The number of carbonyl (C=O) groups is 2. The van der Waals surface area contributed by atoms with Gasteiger partial charge in [0.05, 0.1) is 19.1 Å². The molecule has 1 aliphatic heterocycles. The van der Waals surface area contributed by atoms with Crippen LogP contribution in [-0.2, 0) is 9.59 Å². The highest BCUT2D eigenvalue weighted by molar-refractivity contribution is 5.78. The SMILES string of the molecule is CCN(C(=O)CN1CCCC(N(C)CC(=O)O)CC1)C(C)c1ccc(F)cc1. The third kappa shape index (κ3) is 6.27. The number of benzene rings is 1. The Labute approximate surface area is 166 Å². The van der Waals surface area contributed by atoms with Gasteiger partial charge in [-0.1, -0.05) is 12.1 Å². The predicted octanol–water partition coefficient (Wildman–Crippen LogP) is 2.61. The summed E-state index contributed by atoms with van der Waals surface area (Å²) in [5, 5.41) is 8.98. The lowest BCUT2D eigenvalue weighted by Gasteiger charge is -2.31. The molecule has 1 aromatic carbocycles. The molecule has 2 rings (SSSR count). The van der Waals surface area contributed by atoms with E-state index in [1.807, 2.05) is 30.7 Å². The summed E-state index contributed by atoms with van der Waals surface area (Å²) in [4.78, 5) is 29.7. The molecule has 1 amide bonds. The number of hydrogen-bond donors (Lipinski definition) is 1. The second kappa shape index (κ2) is 10.5. The zero-order valence-corrected chi connectivity index (χ0v) is 17.1. The number of nitrogens with zero attached hydrogens (tertiary/aromatic N) is 3. The van der Waals surface area contributed by atoms with Crippen LogP contribution in [0.3, 0.4) is 0 Å². The normalized spacial score (nSPS) is 19.2. The Balaban J connectivity index is 1.93. The molecule has 6 nitrogen and oxygen atoms in total. The second-order valence-corrected chi connectivity index (χ2v) is 7.58. The fourth-order valence-electron chi connectivity index (χ4n) is 3.95. The van der Waals surface area contributed by atoms with Crippen LogP contribution in [0.15, 0.2) is 24.3 Å². The van der Waals surface area contributed by atoms with E-state index in [-0.39, 0.29) is 30.4 Å². The second-order valence-electron chi connectivity index (χ2n) is 7.58. The van der Waals surface area contributed by atoms with Crippen molar-refractivity contribution in [1.82, 2.24) is 14.7 Å². The Hall–Kier alpha value is -1.99. The number of rotatable bonds is 8. The molecule has 1 aliphatic rings. The Morgan fingerprint density at radius 3 is 2.54 bits per heavy atom. The van der Waals surface area contributed by atoms with Crippen LogP contribution in [0.2, 0.25) is 0 Å². The highest BCUT2D eigenvalue weighted by atomic mass is 19.1. The molecule has 0 saturated carbocycles. The summed E-state index contributed by atoms with van der Waals surface area (Å²) >= 11 is 0. The lowest BCUT2D eigenvalue weighted by atomic mass is 10.1. The summed E-state index contributed by atoms with van der Waals surface area (Å²) in [6, 6.07) is 6.42. The molecule has 156 valence electrons. The Bertz CT molecular complexity index is 653. The van der Waals surface area contributed by atoms with Crippen molar-refractivity contribution < 1.29 is 19.1 Å². The zero-order valence-electron chi connectivity index (χ0n) is 17.1. The van der Waals surface area contributed by atoms with Gasteiger partial charge in [-0.3, -0.25) is 19.4 Å². The predicted molar refractivity (Wildman–Crippen MR) is 107 cm³/mol. The van der Waals surface area contributed by atoms with Gasteiger partial charge < -0.3 is 10.0 Å². The van der Waals surface area contributed by atoms with Crippen LogP contribution < -0.4 is 0 Å². The first-order chi connectivity index (χ1) is 13.3. The third-order valence-electron chi connectivity index (χ3n) is 5.64. The summed E-state index contributed by atoms with van der Waals surface area (Å²) < 4.78 is 13.2. The fraction of sp³-hybridized carbons (Fsp3) is 0.619. The lowest BCUT2D eigenvalue weighted by Crippen LogP contribution is -2.42. The van der Waals surface area contributed by atoms with Crippen LogP contribution in [0.25, 0.3) is 0 Å². The van der Waals surface area contributed by atoms with E-state index in [0.29, 0.717) is 13.1 Å². The minimum Gasteiger partial charge on any atom is -0.480 e. The van der Waals surface area contributed by atoms with E-state index in [0.717, 1.165) is 37.9 Å². The van der Waals surface area contributed by atoms with Crippen LogP contribution >= 0.6 is 0 Å². The Kier molecular flexibility index (Phi) is 8.38. The maximum Gasteiger partial charge on any atom is 0.317 e. The summed E-state index contributed by atoms with van der Waals surface area (Å²) in [5.41, 5.74) is 0.919. The third-order valence-corrected chi connectivity index (χ3v) is 5.64. The van der Waals surface area contributed by atoms with Gasteiger partial charge in [0.1, 0.15) is 5.82 Å². The van der Waals surface area contributed by atoms with Crippen LogP contribution in [0.4, 0.5) is 4.39 Å². The summed E-state index contributed by atoms with van der Waals surface area (Å²) in [6.07, 6.45) is 2.75. The van der Waals surface area contributed by atoms with Crippen LogP contribution in [0.5, 0.6) is 0 Å². The number of amides is 1. The van der Waals surface area contributed by atoms with Crippen molar-refractivity contribution in [1.29, 1.82) is 0 Å². The van der Waals surface area contributed by atoms with E-state index in [2.05, 4.69) is 4.90 Å². The largest absolute Gasteiger partial charge is 0.480 e. The maximum atomic E-state index is 13.2. The number of hydrogen-bond acceptors (Lipinski definition) is 4. The topological polar surface area (TPSA) is 64.1 Å². The molecule has 7 heteroatoms. The first-order valence-corrected chi connectivity index (χ1v) is 10.0. The fourth-order valence-corrected chi connectivity index (χ4v) is 3.95. The Morgan fingerprint density at radius 2 is 1.93 bits per heavy atom. The molecule has 0 aromatic heterocycles. The quantitative estimate of drug-likeness (QED) is 0.736. The lowest BCUT2D eigenvalue weighted by molar-refractivity contribution is -0.138.